The zero-order valence-electron chi connectivity index (χ0n) is 22.0. The topological polar surface area (TPSA) is 52.5 Å². The molecule has 37 heavy (non-hydrogen) atoms. The first-order valence-electron chi connectivity index (χ1n) is 13.0. The summed E-state index contributed by atoms with van der Waals surface area (Å²) in [4.78, 5) is 8.54. The van der Waals surface area contributed by atoms with Crippen LogP contribution in [0.25, 0.3) is 0 Å². The highest BCUT2D eigenvalue weighted by Gasteiger charge is 2.39. The molecule has 0 N–H and O–H groups in total. The number of nitrogens with zero attached hydrogens (tertiary/aromatic N) is 2. The number of methoxy groups -OCH3 is 2. The standard InChI is InChI=1S/C31H36N2O4/c1-22-8-7-11-24(18-22)27-20-33-15-14-26-25(12-13-30(35-3)31(26)36-17-16-34-2)29(33)19-28(27)32-37-21-23-9-5-4-6-10-23/h4-13,18,27,29H,14-17,19-21H2,1-3H3. The number of hydrogen-bond donors (Lipinski definition) is 0. The summed E-state index contributed by atoms with van der Waals surface area (Å²) in [6, 6.07) is 23.4. The van der Waals surface area contributed by atoms with Crippen LogP contribution in [-0.4, -0.2) is 51.1 Å². The molecule has 1 saturated heterocycles. The average molecular weight is 501 g/mol. The normalized spacial score (nSPS) is 20.2. The van der Waals surface area contributed by atoms with E-state index in [4.69, 9.17) is 24.2 Å². The van der Waals surface area contributed by atoms with Gasteiger partial charge in [0.2, 0.25) is 0 Å². The quantitative estimate of drug-likeness (QED) is 0.279. The van der Waals surface area contributed by atoms with Gasteiger partial charge in [-0.3, -0.25) is 4.90 Å². The van der Waals surface area contributed by atoms with E-state index < -0.39 is 0 Å². The van der Waals surface area contributed by atoms with Gasteiger partial charge in [0.15, 0.2) is 11.5 Å². The Kier molecular flexibility index (Phi) is 8.07. The third-order valence-electron chi connectivity index (χ3n) is 7.39. The maximum atomic E-state index is 6.17. The lowest BCUT2D eigenvalue weighted by atomic mass is 9.79. The number of oxime groups is 1. The maximum Gasteiger partial charge on any atom is 0.164 e. The Labute approximate surface area is 219 Å². The van der Waals surface area contributed by atoms with Crippen molar-refractivity contribution >= 4 is 5.71 Å². The van der Waals surface area contributed by atoms with Crippen molar-refractivity contribution in [2.75, 3.05) is 40.5 Å². The molecule has 0 spiro atoms. The highest BCUT2D eigenvalue weighted by molar-refractivity contribution is 5.92. The predicted molar refractivity (Wildman–Crippen MR) is 146 cm³/mol. The van der Waals surface area contributed by atoms with Crippen molar-refractivity contribution in [2.45, 2.75) is 38.3 Å². The fourth-order valence-electron chi connectivity index (χ4n) is 5.53. The Bertz CT molecular complexity index is 1230. The van der Waals surface area contributed by atoms with Crippen LogP contribution in [0.1, 0.15) is 46.2 Å². The lowest BCUT2D eigenvalue weighted by Crippen LogP contribution is -2.45. The van der Waals surface area contributed by atoms with E-state index in [1.807, 2.05) is 24.3 Å². The molecule has 6 nitrogen and oxygen atoms in total. The fourth-order valence-corrected chi connectivity index (χ4v) is 5.53. The number of fused-ring (bicyclic) bond motifs is 3. The highest BCUT2D eigenvalue weighted by Crippen LogP contribution is 2.45. The second-order valence-electron chi connectivity index (χ2n) is 9.78. The van der Waals surface area contributed by atoms with Gasteiger partial charge in [-0.05, 0) is 36.1 Å². The zero-order valence-corrected chi connectivity index (χ0v) is 22.0. The molecule has 6 heteroatoms. The van der Waals surface area contributed by atoms with Gasteiger partial charge >= 0.3 is 0 Å². The lowest BCUT2D eigenvalue weighted by molar-refractivity contribution is 0.119. The van der Waals surface area contributed by atoms with Gasteiger partial charge in [-0.25, -0.2) is 0 Å². The van der Waals surface area contributed by atoms with E-state index in [1.54, 1.807) is 14.2 Å². The maximum absolute atomic E-state index is 6.17. The van der Waals surface area contributed by atoms with Crippen molar-refractivity contribution in [1.29, 1.82) is 0 Å². The van der Waals surface area contributed by atoms with Crippen LogP contribution in [0.4, 0.5) is 0 Å². The molecule has 3 aromatic rings. The van der Waals surface area contributed by atoms with Crippen LogP contribution in [0, 0.1) is 6.92 Å². The molecule has 2 aliphatic rings. The molecule has 0 aliphatic carbocycles. The van der Waals surface area contributed by atoms with Gasteiger partial charge < -0.3 is 19.0 Å². The largest absolute Gasteiger partial charge is 0.493 e. The first kappa shape index (κ1) is 25.3. The number of benzene rings is 3. The van der Waals surface area contributed by atoms with Gasteiger partial charge in [-0.2, -0.15) is 0 Å². The summed E-state index contributed by atoms with van der Waals surface area (Å²) in [5, 5.41) is 4.76. The van der Waals surface area contributed by atoms with E-state index in [0.717, 1.165) is 48.7 Å². The van der Waals surface area contributed by atoms with Gasteiger partial charge in [0.1, 0.15) is 13.2 Å². The number of rotatable bonds is 9. The Morgan fingerprint density at radius 1 is 0.973 bits per heavy atom. The molecule has 3 aromatic carbocycles. The highest BCUT2D eigenvalue weighted by atomic mass is 16.6. The van der Waals surface area contributed by atoms with E-state index in [2.05, 4.69) is 54.3 Å². The summed E-state index contributed by atoms with van der Waals surface area (Å²) < 4.78 is 17.0. The van der Waals surface area contributed by atoms with Gasteiger partial charge in [0.05, 0.1) is 19.4 Å². The molecule has 2 unspecified atom stereocenters. The number of piperidine rings is 1. The van der Waals surface area contributed by atoms with Crippen molar-refractivity contribution in [2.24, 2.45) is 5.16 Å². The van der Waals surface area contributed by atoms with Gasteiger partial charge in [0.25, 0.3) is 0 Å². The smallest absolute Gasteiger partial charge is 0.164 e. The summed E-state index contributed by atoms with van der Waals surface area (Å²) in [7, 11) is 3.38. The van der Waals surface area contributed by atoms with E-state index in [0.29, 0.717) is 19.8 Å². The molecule has 2 aliphatic heterocycles. The molecule has 0 radical (unpaired) electrons. The number of hydrogen-bond acceptors (Lipinski definition) is 6. The summed E-state index contributed by atoms with van der Waals surface area (Å²) in [6.07, 6.45) is 1.73. The van der Waals surface area contributed by atoms with Crippen LogP contribution < -0.4 is 9.47 Å². The summed E-state index contributed by atoms with van der Waals surface area (Å²) >= 11 is 0. The van der Waals surface area contributed by atoms with Crippen LogP contribution in [0.15, 0.2) is 71.9 Å². The van der Waals surface area contributed by atoms with Gasteiger partial charge in [0, 0.05) is 44.1 Å². The van der Waals surface area contributed by atoms with Crippen molar-refractivity contribution in [3.8, 4) is 11.5 Å². The molecular formula is C31H36N2O4. The van der Waals surface area contributed by atoms with E-state index in [-0.39, 0.29) is 12.0 Å². The van der Waals surface area contributed by atoms with Crippen molar-refractivity contribution < 1.29 is 19.0 Å². The van der Waals surface area contributed by atoms with Gasteiger partial charge in [-0.1, -0.05) is 71.4 Å². The van der Waals surface area contributed by atoms with E-state index in [9.17, 15) is 0 Å². The fraction of sp³-hybridized carbons (Fsp3) is 0.387. The first-order valence-corrected chi connectivity index (χ1v) is 13.0. The molecule has 2 atom stereocenters. The van der Waals surface area contributed by atoms with Crippen LogP contribution in [0.3, 0.4) is 0 Å². The van der Waals surface area contributed by atoms with Crippen LogP contribution in [0.5, 0.6) is 11.5 Å². The SMILES string of the molecule is COCCOc1c(OC)ccc2c1CCN1CC(c3cccc(C)c3)C(=NOCc3ccccc3)CC21. The molecule has 194 valence electrons. The average Bonchev–Trinajstić information content (AvgIpc) is 2.93. The minimum atomic E-state index is 0.198. The minimum absolute atomic E-state index is 0.198. The monoisotopic (exact) mass is 500 g/mol. The van der Waals surface area contributed by atoms with Crippen LogP contribution in [0.2, 0.25) is 0 Å². The Morgan fingerprint density at radius 2 is 1.84 bits per heavy atom. The lowest BCUT2D eigenvalue weighted by Gasteiger charge is -2.44. The molecule has 2 heterocycles. The van der Waals surface area contributed by atoms with Crippen molar-refractivity contribution in [1.82, 2.24) is 4.90 Å². The molecule has 0 aromatic heterocycles. The van der Waals surface area contributed by atoms with E-state index >= 15 is 0 Å². The molecule has 0 saturated carbocycles. The third kappa shape index (κ3) is 5.65. The summed E-state index contributed by atoms with van der Waals surface area (Å²) in [5.74, 6) is 1.82. The Morgan fingerprint density at radius 3 is 2.62 bits per heavy atom. The van der Waals surface area contributed by atoms with Crippen LogP contribution in [-0.2, 0) is 22.6 Å². The summed E-state index contributed by atoms with van der Waals surface area (Å²) in [6.45, 7) is 5.51. The first-order chi connectivity index (χ1) is 18.2. The third-order valence-corrected chi connectivity index (χ3v) is 7.39. The van der Waals surface area contributed by atoms with Crippen LogP contribution >= 0.6 is 0 Å². The number of ether oxygens (including phenoxy) is 3. The van der Waals surface area contributed by atoms with E-state index in [1.165, 1.54) is 22.3 Å². The van der Waals surface area contributed by atoms with Crippen molar-refractivity contribution in [3.05, 3.63) is 94.5 Å². The minimum Gasteiger partial charge on any atom is -0.493 e. The second-order valence-corrected chi connectivity index (χ2v) is 9.78. The Balaban J connectivity index is 1.45. The second kappa shape index (κ2) is 11.8. The molecular weight excluding hydrogens is 464 g/mol. The number of aryl methyl sites for hydroxylation is 1. The Hall–Kier alpha value is -3.35. The van der Waals surface area contributed by atoms with Crippen molar-refractivity contribution in [3.63, 3.8) is 0 Å². The molecule has 0 bridgehead atoms. The summed E-state index contributed by atoms with van der Waals surface area (Å²) in [5.41, 5.74) is 7.29. The predicted octanol–water partition coefficient (Wildman–Crippen LogP) is 5.69. The molecule has 5 rings (SSSR count). The van der Waals surface area contributed by atoms with Gasteiger partial charge in [-0.15, -0.1) is 0 Å². The molecule has 1 fully saturated rings. The zero-order chi connectivity index (χ0) is 25.6. The molecule has 0 amide bonds.